The zero-order valence-electron chi connectivity index (χ0n) is 9.25. The third kappa shape index (κ3) is 2.43. The summed E-state index contributed by atoms with van der Waals surface area (Å²) < 4.78 is 0. The van der Waals surface area contributed by atoms with E-state index < -0.39 is 35.7 Å². The molecule has 0 aromatic carbocycles. The van der Waals surface area contributed by atoms with E-state index in [0.29, 0.717) is 11.3 Å². The van der Waals surface area contributed by atoms with Crippen molar-refractivity contribution in [3.8, 4) is 0 Å². The molecule has 17 heavy (non-hydrogen) atoms. The van der Waals surface area contributed by atoms with Crippen molar-refractivity contribution in [2.75, 3.05) is 0 Å². The van der Waals surface area contributed by atoms with E-state index in [-0.39, 0.29) is 12.8 Å². The van der Waals surface area contributed by atoms with Crippen molar-refractivity contribution >= 4 is 23.6 Å². The van der Waals surface area contributed by atoms with Crippen LogP contribution in [0.1, 0.15) is 26.2 Å². The Kier molecular flexibility index (Phi) is 3.82. The number of hydrogen-bond acceptors (Lipinski definition) is 4. The number of nitrogens with zero attached hydrogens (tertiary/aromatic N) is 1. The van der Waals surface area contributed by atoms with Crippen molar-refractivity contribution in [1.29, 1.82) is 0 Å². The Hall–Kier alpha value is -1.92. The van der Waals surface area contributed by atoms with E-state index in [1.54, 1.807) is 6.92 Å². The number of likely N-dealkylation sites (tertiary alicyclic amines) is 1. The van der Waals surface area contributed by atoms with Crippen LogP contribution in [0.2, 0.25) is 0 Å². The van der Waals surface area contributed by atoms with Crippen LogP contribution in [0, 0.1) is 0 Å². The third-order valence-electron chi connectivity index (χ3n) is 2.64. The molecule has 0 unspecified atom stereocenters. The molecule has 1 saturated heterocycles. The Bertz CT molecular complexity index is 357. The third-order valence-corrected chi connectivity index (χ3v) is 2.64. The summed E-state index contributed by atoms with van der Waals surface area (Å²) in [7, 11) is 0. The lowest BCUT2D eigenvalue weighted by molar-refractivity contribution is -0.173. The van der Waals surface area contributed by atoms with Crippen LogP contribution in [0.3, 0.4) is 0 Å². The lowest BCUT2D eigenvalue weighted by Gasteiger charge is -2.43. The fourth-order valence-corrected chi connectivity index (χ4v) is 1.72. The predicted octanol–water partition coefficient (Wildman–Crippen LogP) is -0.506. The Labute approximate surface area is 97.0 Å². The van der Waals surface area contributed by atoms with Gasteiger partial charge in [0.1, 0.15) is 12.1 Å². The van der Waals surface area contributed by atoms with Crippen molar-refractivity contribution in [2.24, 2.45) is 0 Å². The first-order valence-electron chi connectivity index (χ1n) is 5.21. The van der Waals surface area contributed by atoms with Gasteiger partial charge in [-0.15, -0.1) is 0 Å². The Morgan fingerprint density at radius 3 is 1.94 bits per heavy atom. The SMILES string of the molecule is CCCC(=O)C(=O)N1[C@@H](C(=O)O)C[C@@H]1C(=O)O. The fraction of sp³-hybridized carbons (Fsp3) is 0.600. The number of Topliss-reactive ketones (excluding diaryl/α,β-unsaturated/α-hetero) is 1. The molecule has 0 aromatic heterocycles. The van der Waals surface area contributed by atoms with Gasteiger partial charge in [-0.1, -0.05) is 6.92 Å². The number of carbonyl (C=O) groups excluding carboxylic acids is 2. The van der Waals surface area contributed by atoms with Crippen LogP contribution in [0.4, 0.5) is 0 Å². The van der Waals surface area contributed by atoms with E-state index in [9.17, 15) is 19.2 Å². The molecule has 7 heteroatoms. The molecule has 7 nitrogen and oxygen atoms in total. The minimum absolute atomic E-state index is 0.00594. The summed E-state index contributed by atoms with van der Waals surface area (Å²) >= 11 is 0. The van der Waals surface area contributed by atoms with Gasteiger partial charge in [0.05, 0.1) is 0 Å². The topological polar surface area (TPSA) is 112 Å². The van der Waals surface area contributed by atoms with Crippen LogP contribution in [-0.4, -0.2) is 50.8 Å². The molecule has 1 fully saturated rings. The van der Waals surface area contributed by atoms with Crippen LogP contribution in [-0.2, 0) is 19.2 Å². The summed E-state index contributed by atoms with van der Waals surface area (Å²) in [6.07, 6.45) is 0.289. The number of ketones is 1. The molecule has 0 bridgehead atoms. The van der Waals surface area contributed by atoms with E-state index in [0.717, 1.165) is 0 Å². The van der Waals surface area contributed by atoms with Crippen molar-refractivity contribution in [2.45, 2.75) is 38.3 Å². The maximum Gasteiger partial charge on any atom is 0.326 e. The Morgan fingerprint density at radius 1 is 1.12 bits per heavy atom. The molecule has 1 aliphatic heterocycles. The summed E-state index contributed by atoms with van der Waals surface area (Å²) in [5, 5.41) is 17.5. The van der Waals surface area contributed by atoms with E-state index in [2.05, 4.69) is 0 Å². The smallest absolute Gasteiger partial charge is 0.326 e. The van der Waals surface area contributed by atoms with Crippen LogP contribution in [0.25, 0.3) is 0 Å². The minimum Gasteiger partial charge on any atom is -0.480 e. The van der Waals surface area contributed by atoms with Crippen LogP contribution in [0.5, 0.6) is 0 Å². The summed E-state index contributed by atoms with van der Waals surface area (Å²) in [4.78, 5) is 45.1. The van der Waals surface area contributed by atoms with Crippen LogP contribution in [0.15, 0.2) is 0 Å². The van der Waals surface area contributed by atoms with E-state index in [1.165, 1.54) is 0 Å². The summed E-state index contributed by atoms with van der Waals surface area (Å²) in [5.74, 6) is -4.34. The number of aliphatic carboxylic acids is 2. The molecule has 94 valence electrons. The predicted molar refractivity (Wildman–Crippen MR) is 54.2 cm³/mol. The number of hydrogen-bond donors (Lipinski definition) is 2. The largest absolute Gasteiger partial charge is 0.480 e. The number of amides is 1. The average Bonchev–Trinajstić information content (AvgIpc) is 2.14. The second-order valence-corrected chi connectivity index (χ2v) is 3.83. The van der Waals surface area contributed by atoms with Gasteiger partial charge in [-0.3, -0.25) is 9.59 Å². The van der Waals surface area contributed by atoms with Gasteiger partial charge in [-0.05, 0) is 6.42 Å². The molecule has 2 N–H and O–H groups in total. The van der Waals surface area contributed by atoms with Crippen molar-refractivity contribution in [3.05, 3.63) is 0 Å². The molecular weight excluding hydrogens is 230 g/mol. The Morgan fingerprint density at radius 2 is 1.59 bits per heavy atom. The highest BCUT2D eigenvalue weighted by Crippen LogP contribution is 2.27. The lowest BCUT2D eigenvalue weighted by Crippen LogP contribution is -2.65. The van der Waals surface area contributed by atoms with Crippen LogP contribution < -0.4 is 0 Å². The molecule has 1 aliphatic rings. The molecule has 1 rings (SSSR count). The quantitative estimate of drug-likeness (QED) is 0.629. The van der Waals surface area contributed by atoms with Crippen molar-refractivity contribution < 1.29 is 29.4 Å². The summed E-state index contributed by atoms with van der Waals surface area (Å²) in [5.41, 5.74) is 0. The maximum absolute atomic E-state index is 11.6. The molecule has 0 saturated carbocycles. The second-order valence-electron chi connectivity index (χ2n) is 3.83. The monoisotopic (exact) mass is 243 g/mol. The number of rotatable bonds is 5. The van der Waals surface area contributed by atoms with Gasteiger partial charge in [-0.2, -0.15) is 0 Å². The molecule has 1 heterocycles. The highest BCUT2D eigenvalue weighted by molar-refractivity contribution is 6.37. The van der Waals surface area contributed by atoms with Gasteiger partial charge in [0, 0.05) is 12.8 Å². The molecule has 0 aromatic rings. The van der Waals surface area contributed by atoms with E-state index in [1.807, 2.05) is 0 Å². The standard InChI is InChI=1S/C10H13NO6/c1-2-3-7(12)8(13)11-5(9(14)15)4-6(11)10(16)17/h5-6H,2-4H2,1H3,(H,14,15)(H,16,17)/t5-,6-/m1/s1. The second kappa shape index (κ2) is 4.94. The molecule has 1 amide bonds. The van der Waals surface area contributed by atoms with Gasteiger partial charge >= 0.3 is 11.9 Å². The number of carboxylic acid groups (broad SMARTS) is 2. The van der Waals surface area contributed by atoms with Crippen molar-refractivity contribution in [1.82, 2.24) is 4.90 Å². The van der Waals surface area contributed by atoms with Gasteiger partial charge < -0.3 is 15.1 Å². The minimum atomic E-state index is -1.29. The first kappa shape index (κ1) is 13.1. The summed E-state index contributed by atoms with van der Waals surface area (Å²) in [6.45, 7) is 1.70. The first-order valence-corrected chi connectivity index (χ1v) is 5.21. The zero-order chi connectivity index (χ0) is 13.2. The normalized spacial score (nSPS) is 22.8. The van der Waals surface area contributed by atoms with Gasteiger partial charge in [0.25, 0.3) is 5.91 Å². The van der Waals surface area contributed by atoms with Crippen LogP contribution >= 0.6 is 0 Å². The van der Waals surface area contributed by atoms with E-state index >= 15 is 0 Å². The zero-order valence-corrected chi connectivity index (χ0v) is 9.25. The lowest BCUT2D eigenvalue weighted by atomic mass is 9.91. The summed E-state index contributed by atoms with van der Waals surface area (Å²) in [6, 6.07) is -2.41. The van der Waals surface area contributed by atoms with Gasteiger partial charge in [-0.25, -0.2) is 9.59 Å². The Balaban J connectivity index is 2.82. The van der Waals surface area contributed by atoms with E-state index in [4.69, 9.17) is 10.2 Å². The molecule has 0 spiro atoms. The molecule has 2 atom stereocenters. The first-order chi connectivity index (χ1) is 7.90. The van der Waals surface area contributed by atoms with Crippen molar-refractivity contribution in [3.63, 3.8) is 0 Å². The highest BCUT2D eigenvalue weighted by atomic mass is 16.4. The molecule has 0 radical (unpaired) electrons. The number of carboxylic acids is 2. The van der Waals surface area contributed by atoms with Gasteiger partial charge in [0.15, 0.2) is 0 Å². The van der Waals surface area contributed by atoms with Gasteiger partial charge in [0.2, 0.25) is 5.78 Å². The average molecular weight is 243 g/mol. The maximum atomic E-state index is 11.6. The molecule has 0 aliphatic carbocycles. The fourth-order valence-electron chi connectivity index (χ4n) is 1.72. The molecular formula is C10H13NO6. The highest BCUT2D eigenvalue weighted by Gasteiger charge is 2.50. The number of carbonyl (C=O) groups is 4.